The molecule has 2 rings (SSSR count). The smallest absolute Gasteiger partial charge is 0.237 e. The van der Waals surface area contributed by atoms with Gasteiger partial charge in [0, 0.05) is 25.2 Å². The molecule has 0 aromatic rings. The van der Waals surface area contributed by atoms with Crippen LogP contribution >= 0.6 is 0 Å². The second kappa shape index (κ2) is 3.51. The summed E-state index contributed by atoms with van der Waals surface area (Å²) in [4.78, 5) is 13.9. The lowest BCUT2D eigenvalue weighted by Crippen LogP contribution is -2.69. The molecule has 2 heterocycles. The van der Waals surface area contributed by atoms with Crippen molar-refractivity contribution in [3.05, 3.63) is 0 Å². The van der Waals surface area contributed by atoms with Crippen molar-refractivity contribution in [2.45, 2.75) is 37.8 Å². The number of amides is 1. The molecule has 4 heteroatoms. The maximum atomic E-state index is 11.7. The molecule has 0 bridgehead atoms. The van der Waals surface area contributed by atoms with Gasteiger partial charge in [0.15, 0.2) is 0 Å². The summed E-state index contributed by atoms with van der Waals surface area (Å²) in [6.07, 6.45) is 3.24. The van der Waals surface area contributed by atoms with Gasteiger partial charge in [-0.1, -0.05) is 0 Å². The monoisotopic (exact) mass is 197 g/mol. The fourth-order valence-electron chi connectivity index (χ4n) is 2.37. The van der Waals surface area contributed by atoms with Crippen LogP contribution in [-0.4, -0.2) is 42.0 Å². The summed E-state index contributed by atoms with van der Waals surface area (Å²) in [6.45, 7) is 4.58. The van der Waals surface area contributed by atoms with Crippen molar-refractivity contribution in [3.63, 3.8) is 0 Å². The first-order valence-electron chi connectivity index (χ1n) is 5.39. The minimum Gasteiger partial charge on any atom is -0.355 e. The number of carbonyl (C=O) groups excluding carboxylic acids is 1. The van der Waals surface area contributed by atoms with Crippen molar-refractivity contribution in [2.75, 3.05) is 19.6 Å². The Morgan fingerprint density at radius 1 is 1.50 bits per heavy atom. The van der Waals surface area contributed by atoms with Crippen molar-refractivity contribution in [2.24, 2.45) is 5.73 Å². The lowest BCUT2D eigenvalue weighted by atomic mass is 9.90. The standard InChI is InChI=1S/C10H19N3O/c1-10(11)6-13(7-10)8-4-2-3-5-12-9(8)14/h8H,2-7,11H2,1H3,(H,12,14). The fraction of sp³-hybridized carbons (Fsp3) is 0.900. The molecule has 1 unspecified atom stereocenters. The van der Waals surface area contributed by atoms with Gasteiger partial charge < -0.3 is 11.1 Å². The third kappa shape index (κ3) is 1.91. The first-order chi connectivity index (χ1) is 6.58. The van der Waals surface area contributed by atoms with Crippen LogP contribution in [0, 0.1) is 0 Å². The van der Waals surface area contributed by atoms with Crippen LogP contribution in [0.1, 0.15) is 26.2 Å². The maximum Gasteiger partial charge on any atom is 0.237 e. The number of nitrogens with zero attached hydrogens (tertiary/aromatic N) is 1. The number of carbonyl (C=O) groups is 1. The first kappa shape index (κ1) is 9.93. The number of rotatable bonds is 1. The van der Waals surface area contributed by atoms with Crippen LogP contribution in [0.2, 0.25) is 0 Å². The molecule has 1 amide bonds. The summed E-state index contributed by atoms with van der Waals surface area (Å²) < 4.78 is 0. The van der Waals surface area contributed by atoms with E-state index in [0.29, 0.717) is 0 Å². The first-order valence-corrected chi connectivity index (χ1v) is 5.39. The molecule has 2 fully saturated rings. The summed E-state index contributed by atoms with van der Waals surface area (Å²) in [5.41, 5.74) is 5.85. The summed E-state index contributed by atoms with van der Waals surface area (Å²) in [5.74, 6) is 0.193. The summed E-state index contributed by atoms with van der Waals surface area (Å²) >= 11 is 0. The summed E-state index contributed by atoms with van der Waals surface area (Å²) in [7, 11) is 0. The molecular formula is C10H19N3O. The van der Waals surface area contributed by atoms with Gasteiger partial charge >= 0.3 is 0 Å². The Morgan fingerprint density at radius 3 is 2.86 bits per heavy atom. The number of nitrogens with two attached hydrogens (primary N) is 1. The summed E-state index contributed by atoms with van der Waals surface area (Å²) in [5, 5.41) is 2.95. The third-order valence-electron chi connectivity index (χ3n) is 3.08. The molecule has 4 nitrogen and oxygen atoms in total. The lowest BCUT2D eigenvalue weighted by molar-refractivity contribution is -0.129. The molecule has 3 N–H and O–H groups in total. The summed E-state index contributed by atoms with van der Waals surface area (Å²) in [6, 6.07) is 0.0779. The van der Waals surface area contributed by atoms with Crippen molar-refractivity contribution < 1.29 is 4.79 Å². The zero-order valence-electron chi connectivity index (χ0n) is 8.75. The molecule has 80 valence electrons. The van der Waals surface area contributed by atoms with Gasteiger partial charge in [0.1, 0.15) is 0 Å². The molecule has 0 aliphatic carbocycles. The van der Waals surface area contributed by atoms with Gasteiger partial charge in [-0.3, -0.25) is 9.69 Å². The van der Waals surface area contributed by atoms with Crippen LogP contribution in [0.4, 0.5) is 0 Å². The molecule has 0 aromatic heterocycles. The van der Waals surface area contributed by atoms with Crippen LogP contribution < -0.4 is 11.1 Å². The van der Waals surface area contributed by atoms with E-state index >= 15 is 0 Å². The topological polar surface area (TPSA) is 58.4 Å². The third-order valence-corrected chi connectivity index (χ3v) is 3.08. The van der Waals surface area contributed by atoms with E-state index in [1.54, 1.807) is 0 Å². The zero-order valence-corrected chi connectivity index (χ0v) is 8.75. The molecule has 0 saturated carbocycles. The van der Waals surface area contributed by atoms with Gasteiger partial charge in [0.2, 0.25) is 5.91 Å². The van der Waals surface area contributed by atoms with E-state index in [-0.39, 0.29) is 17.5 Å². The highest BCUT2D eigenvalue weighted by Gasteiger charge is 2.41. The zero-order chi connectivity index (χ0) is 10.2. The second-order valence-electron chi connectivity index (χ2n) is 4.86. The highest BCUT2D eigenvalue weighted by molar-refractivity contribution is 5.82. The molecule has 0 spiro atoms. The normalized spacial score (nSPS) is 33.0. The van der Waals surface area contributed by atoms with Gasteiger partial charge in [-0.15, -0.1) is 0 Å². The van der Waals surface area contributed by atoms with E-state index in [1.807, 2.05) is 6.92 Å². The number of hydrogen-bond donors (Lipinski definition) is 2. The van der Waals surface area contributed by atoms with E-state index < -0.39 is 0 Å². The van der Waals surface area contributed by atoms with Crippen molar-refractivity contribution in [1.29, 1.82) is 0 Å². The molecule has 0 radical (unpaired) electrons. The van der Waals surface area contributed by atoms with Gasteiger partial charge in [-0.25, -0.2) is 0 Å². The lowest BCUT2D eigenvalue weighted by Gasteiger charge is -2.48. The Balaban J connectivity index is 1.93. The van der Waals surface area contributed by atoms with Crippen LogP contribution in [0.25, 0.3) is 0 Å². The van der Waals surface area contributed by atoms with Crippen LogP contribution in [0.5, 0.6) is 0 Å². The Kier molecular flexibility index (Phi) is 2.49. The molecule has 1 atom stereocenters. The molecule has 2 aliphatic heterocycles. The minimum atomic E-state index is -0.0768. The molecule has 2 aliphatic rings. The van der Waals surface area contributed by atoms with Gasteiger partial charge in [0.25, 0.3) is 0 Å². The quantitative estimate of drug-likeness (QED) is 0.606. The SMILES string of the molecule is CC1(N)CN(C2CCCCNC2=O)C1. The Bertz CT molecular complexity index is 232. The van der Waals surface area contributed by atoms with E-state index in [4.69, 9.17) is 5.73 Å². The average Bonchev–Trinajstić information content (AvgIpc) is 2.25. The van der Waals surface area contributed by atoms with E-state index in [0.717, 1.165) is 38.9 Å². The maximum absolute atomic E-state index is 11.7. The molecule has 14 heavy (non-hydrogen) atoms. The fourth-order valence-corrected chi connectivity index (χ4v) is 2.37. The van der Waals surface area contributed by atoms with Crippen LogP contribution in [-0.2, 0) is 4.79 Å². The van der Waals surface area contributed by atoms with Crippen molar-refractivity contribution in [3.8, 4) is 0 Å². The van der Waals surface area contributed by atoms with Gasteiger partial charge in [-0.2, -0.15) is 0 Å². The highest BCUT2D eigenvalue weighted by Crippen LogP contribution is 2.23. The Labute approximate surface area is 84.8 Å². The molecule has 2 saturated heterocycles. The van der Waals surface area contributed by atoms with Gasteiger partial charge in [-0.05, 0) is 26.2 Å². The predicted octanol–water partition coefficient (Wildman–Crippen LogP) is -0.312. The number of likely N-dealkylation sites (tertiary alicyclic amines) is 1. The predicted molar refractivity (Wildman–Crippen MR) is 54.8 cm³/mol. The van der Waals surface area contributed by atoms with Crippen molar-refractivity contribution in [1.82, 2.24) is 10.2 Å². The highest BCUT2D eigenvalue weighted by atomic mass is 16.2. The van der Waals surface area contributed by atoms with E-state index in [9.17, 15) is 4.79 Å². The molecule has 0 aromatic carbocycles. The van der Waals surface area contributed by atoms with E-state index in [2.05, 4.69) is 10.2 Å². The van der Waals surface area contributed by atoms with Crippen LogP contribution in [0.15, 0.2) is 0 Å². The van der Waals surface area contributed by atoms with Crippen LogP contribution in [0.3, 0.4) is 0 Å². The van der Waals surface area contributed by atoms with Crippen molar-refractivity contribution >= 4 is 5.91 Å². The number of hydrogen-bond acceptors (Lipinski definition) is 3. The average molecular weight is 197 g/mol. The largest absolute Gasteiger partial charge is 0.355 e. The number of nitrogens with one attached hydrogen (secondary N) is 1. The minimum absolute atomic E-state index is 0.0768. The second-order valence-corrected chi connectivity index (χ2v) is 4.86. The Hall–Kier alpha value is -0.610. The van der Waals surface area contributed by atoms with E-state index in [1.165, 1.54) is 0 Å². The Morgan fingerprint density at radius 2 is 2.21 bits per heavy atom. The van der Waals surface area contributed by atoms with Gasteiger partial charge in [0.05, 0.1) is 6.04 Å². The molecular weight excluding hydrogens is 178 g/mol.